The highest BCUT2D eigenvalue weighted by molar-refractivity contribution is 6.30. The van der Waals surface area contributed by atoms with E-state index in [1.807, 2.05) is 19.1 Å². The van der Waals surface area contributed by atoms with E-state index in [0.29, 0.717) is 24.5 Å². The molecule has 1 aliphatic rings. The van der Waals surface area contributed by atoms with Crippen molar-refractivity contribution in [2.24, 2.45) is 5.92 Å². The minimum absolute atomic E-state index is 0.0186. The molecule has 1 atom stereocenters. The fourth-order valence-corrected chi connectivity index (χ4v) is 2.96. The average molecular weight is 321 g/mol. The van der Waals surface area contributed by atoms with Crippen molar-refractivity contribution >= 4 is 29.1 Å². The second-order valence-corrected chi connectivity index (χ2v) is 5.99. The lowest BCUT2D eigenvalue weighted by atomic mass is 10.0. The number of nitrogens with one attached hydrogen (secondary N) is 1. The van der Waals surface area contributed by atoms with Crippen molar-refractivity contribution in [3.63, 3.8) is 0 Å². The normalized spacial score (nSPS) is 17.4. The fourth-order valence-electron chi connectivity index (χ4n) is 2.77. The Labute approximate surface area is 136 Å². The molecule has 0 radical (unpaired) electrons. The molecule has 0 bridgehead atoms. The van der Waals surface area contributed by atoms with Gasteiger partial charge in [0.2, 0.25) is 11.8 Å². The number of halogens is 1. The number of rotatable bonds is 5. The molecule has 1 fully saturated rings. The second-order valence-electron chi connectivity index (χ2n) is 5.55. The van der Waals surface area contributed by atoms with Gasteiger partial charge in [0.15, 0.2) is 0 Å². The predicted molar refractivity (Wildman–Crippen MR) is 89.0 cm³/mol. The third kappa shape index (κ3) is 4.10. The number of carbonyl (C=O) groups is 2. The zero-order chi connectivity index (χ0) is 16.1. The van der Waals surface area contributed by atoms with Crippen molar-refractivity contribution in [2.45, 2.75) is 26.2 Å². The Morgan fingerprint density at radius 3 is 2.95 bits per heavy atom. The molecule has 118 valence electrons. The van der Waals surface area contributed by atoms with E-state index in [1.165, 1.54) is 6.08 Å². The summed E-state index contributed by atoms with van der Waals surface area (Å²) in [7, 11) is 0. The number of hydrogen-bond acceptors (Lipinski definition) is 2. The molecular weight excluding hydrogens is 300 g/mol. The molecule has 0 aliphatic carbocycles. The Balaban J connectivity index is 1.91. The van der Waals surface area contributed by atoms with Gasteiger partial charge >= 0.3 is 0 Å². The number of benzene rings is 1. The van der Waals surface area contributed by atoms with E-state index in [-0.39, 0.29) is 17.7 Å². The lowest BCUT2D eigenvalue weighted by molar-refractivity contribution is -0.125. The maximum Gasteiger partial charge on any atom is 0.245 e. The predicted octanol–water partition coefficient (Wildman–Crippen LogP) is 3.27. The summed E-state index contributed by atoms with van der Waals surface area (Å²) < 4.78 is 0. The smallest absolute Gasteiger partial charge is 0.245 e. The van der Waals surface area contributed by atoms with Gasteiger partial charge in [-0.05, 0) is 48.6 Å². The van der Waals surface area contributed by atoms with Crippen LogP contribution in [0.15, 0.2) is 30.9 Å². The van der Waals surface area contributed by atoms with Crippen molar-refractivity contribution in [3.8, 4) is 0 Å². The van der Waals surface area contributed by atoms with Gasteiger partial charge in [-0.1, -0.05) is 25.1 Å². The van der Waals surface area contributed by atoms with Crippen LogP contribution in [0.4, 0.5) is 5.69 Å². The molecule has 2 amide bonds. The summed E-state index contributed by atoms with van der Waals surface area (Å²) in [6.45, 7) is 6.84. The van der Waals surface area contributed by atoms with Gasteiger partial charge in [-0.3, -0.25) is 9.59 Å². The molecule has 5 heteroatoms. The zero-order valence-electron chi connectivity index (χ0n) is 12.8. The Hall–Kier alpha value is -1.81. The molecule has 1 heterocycles. The van der Waals surface area contributed by atoms with Gasteiger partial charge in [0.25, 0.3) is 0 Å². The van der Waals surface area contributed by atoms with Crippen molar-refractivity contribution in [3.05, 3.63) is 41.4 Å². The number of aryl methyl sites for hydroxylation is 1. The van der Waals surface area contributed by atoms with Crippen LogP contribution < -0.4 is 5.32 Å². The van der Waals surface area contributed by atoms with E-state index in [1.54, 1.807) is 11.0 Å². The van der Waals surface area contributed by atoms with Crippen molar-refractivity contribution in [1.29, 1.82) is 0 Å². The molecule has 1 N–H and O–H groups in total. The van der Waals surface area contributed by atoms with Crippen LogP contribution in [0, 0.1) is 5.92 Å². The molecule has 2 rings (SSSR count). The van der Waals surface area contributed by atoms with Gasteiger partial charge in [0, 0.05) is 30.2 Å². The number of anilines is 1. The Morgan fingerprint density at radius 1 is 1.50 bits per heavy atom. The minimum atomic E-state index is -0.0612. The maximum atomic E-state index is 12.2. The van der Waals surface area contributed by atoms with Crippen molar-refractivity contribution < 1.29 is 9.59 Å². The third-order valence-corrected chi connectivity index (χ3v) is 4.20. The quantitative estimate of drug-likeness (QED) is 0.847. The molecule has 1 saturated heterocycles. The highest BCUT2D eigenvalue weighted by Gasteiger charge is 2.26. The summed E-state index contributed by atoms with van der Waals surface area (Å²) in [5.41, 5.74) is 1.84. The maximum absolute atomic E-state index is 12.2. The van der Waals surface area contributed by atoms with Crippen LogP contribution in [0.25, 0.3) is 0 Å². The topological polar surface area (TPSA) is 49.4 Å². The van der Waals surface area contributed by atoms with Crippen LogP contribution in [-0.4, -0.2) is 29.8 Å². The molecule has 0 aromatic heterocycles. The SMILES string of the molecule is C=CC(=O)N1CC[C@H](CC(=O)Nc2ccc(Cl)cc2CC)C1. The first-order valence-electron chi connectivity index (χ1n) is 7.53. The number of likely N-dealkylation sites (tertiary alicyclic amines) is 1. The lowest BCUT2D eigenvalue weighted by Gasteiger charge is -2.15. The van der Waals surface area contributed by atoms with Crippen LogP contribution in [0.5, 0.6) is 0 Å². The van der Waals surface area contributed by atoms with Crippen molar-refractivity contribution in [1.82, 2.24) is 4.90 Å². The molecule has 1 aromatic carbocycles. The molecule has 0 saturated carbocycles. The molecule has 0 spiro atoms. The van der Waals surface area contributed by atoms with Gasteiger partial charge in [-0.2, -0.15) is 0 Å². The van der Waals surface area contributed by atoms with Crippen LogP contribution in [0.3, 0.4) is 0 Å². The van der Waals surface area contributed by atoms with E-state index in [0.717, 1.165) is 24.1 Å². The second kappa shape index (κ2) is 7.45. The molecule has 0 unspecified atom stereocenters. The van der Waals surface area contributed by atoms with E-state index < -0.39 is 0 Å². The monoisotopic (exact) mass is 320 g/mol. The van der Waals surface area contributed by atoms with Crippen LogP contribution in [0.1, 0.15) is 25.3 Å². The van der Waals surface area contributed by atoms with Gasteiger partial charge in [-0.15, -0.1) is 0 Å². The van der Waals surface area contributed by atoms with Crippen LogP contribution in [-0.2, 0) is 16.0 Å². The van der Waals surface area contributed by atoms with E-state index in [4.69, 9.17) is 11.6 Å². The number of amides is 2. The van der Waals surface area contributed by atoms with Gasteiger partial charge < -0.3 is 10.2 Å². The third-order valence-electron chi connectivity index (χ3n) is 3.97. The highest BCUT2D eigenvalue weighted by atomic mass is 35.5. The van der Waals surface area contributed by atoms with Gasteiger partial charge in [-0.25, -0.2) is 0 Å². The van der Waals surface area contributed by atoms with Crippen LogP contribution >= 0.6 is 11.6 Å². The standard InChI is InChI=1S/C17H21ClN2O2/c1-3-13-10-14(18)5-6-15(13)19-16(21)9-12-7-8-20(11-12)17(22)4-2/h4-6,10,12H,2-3,7-9,11H2,1H3,(H,19,21)/t12-/m1/s1. The van der Waals surface area contributed by atoms with E-state index >= 15 is 0 Å². The summed E-state index contributed by atoms with van der Waals surface area (Å²) in [6.07, 6.45) is 3.41. The Kier molecular flexibility index (Phi) is 5.61. The first kappa shape index (κ1) is 16.6. The first-order valence-corrected chi connectivity index (χ1v) is 7.91. The molecule has 4 nitrogen and oxygen atoms in total. The van der Waals surface area contributed by atoms with Gasteiger partial charge in [0.05, 0.1) is 0 Å². The minimum Gasteiger partial charge on any atom is -0.339 e. The Morgan fingerprint density at radius 2 is 2.27 bits per heavy atom. The zero-order valence-corrected chi connectivity index (χ0v) is 13.5. The summed E-state index contributed by atoms with van der Waals surface area (Å²) in [4.78, 5) is 25.5. The number of hydrogen-bond donors (Lipinski definition) is 1. The number of carbonyl (C=O) groups excluding carboxylic acids is 2. The summed E-state index contributed by atoms with van der Waals surface area (Å²) >= 11 is 5.97. The fraction of sp³-hybridized carbons (Fsp3) is 0.412. The van der Waals surface area contributed by atoms with Gasteiger partial charge in [0.1, 0.15) is 0 Å². The highest BCUT2D eigenvalue weighted by Crippen LogP contribution is 2.24. The summed E-state index contributed by atoms with van der Waals surface area (Å²) in [5, 5.41) is 3.62. The van der Waals surface area contributed by atoms with E-state index in [9.17, 15) is 9.59 Å². The Bertz CT molecular complexity index is 586. The van der Waals surface area contributed by atoms with Crippen molar-refractivity contribution in [2.75, 3.05) is 18.4 Å². The van der Waals surface area contributed by atoms with E-state index in [2.05, 4.69) is 11.9 Å². The molecule has 1 aliphatic heterocycles. The molecule has 22 heavy (non-hydrogen) atoms. The number of nitrogens with zero attached hydrogens (tertiary/aromatic N) is 1. The summed E-state index contributed by atoms with van der Waals surface area (Å²) in [5.74, 6) is 0.130. The largest absolute Gasteiger partial charge is 0.339 e. The molecular formula is C17H21ClN2O2. The lowest BCUT2D eigenvalue weighted by Crippen LogP contribution is -2.27. The first-order chi connectivity index (χ1) is 10.5. The molecule has 1 aromatic rings. The average Bonchev–Trinajstić information content (AvgIpc) is 2.96. The van der Waals surface area contributed by atoms with Crippen LogP contribution in [0.2, 0.25) is 5.02 Å². The summed E-state index contributed by atoms with van der Waals surface area (Å²) in [6, 6.07) is 5.48.